The molecule has 1 fully saturated rings. The lowest BCUT2D eigenvalue weighted by Gasteiger charge is -2.33. The van der Waals surface area contributed by atoms with E-state index < -0.39 is 18.2 Å². The topological polar surface area (TPSA) is 67.9 Å². The lowest BCUT2D eigenvalue weighted by atomic mass is 9.76. The average molecular weight is 402 g/mol. The van der Waals surface area contributed by atoms with Gasteiger partial charge in [0.05, 0.1) is 13.7 Å². The second kappa shape index (κ2) is 7.35. The zero-order valence-electron chi connectivity index (χ0n) is 15.8. The number of rotatable bonds is 5. The number of benzene rings is 2. The molecule has 3 amide bonds. The summed E-state index contributed by atoms with van der Waals surface area (Å²) in [5.74, 6) is -0.310. The van der Waals surface area contributed by atoms with Crippen molar-refractivity contribution in [2.45, 2.75) is 38.0 Å². The van der Waals surface area contributed by atoms with E-state index in [4.69, 9.17) is 4.74 Å². The first-order valence-electron chi connectivity index (χ1n) is 9.29. The monoisotopic (exact) mass is 402 g/mol. The molecule has 0 aromatic heterocycles. The molecule has 1 N–H and O–H groups in total. The molecule has 29 heavy (non-hydrogen) atoms. The first-order valence-corrected chi connectivity index (χ1v) is 9.29. The number of nitrogens with one attached hydrogen (secondary N) is 1. The Balaban J connectivity index is 1.62. The molecule has 1 spiro atoms. The highest BCUT2D eigenvalue weighted by Gasteiger charge is 2.53. The van der Waals surface area contributed by atoms with Crippen LogP contribution in [0.2, 0.25) is 0 Å². The SMILES string of the molecule is COc1cc(CN2C(=O)N[C@@]3(CCCc4ccccc43)C2=O)ccc1OC(F)F. The normalized spacial score (nSPS) is 20.8. The first-order chi connectivity index (χ1) is 13.9. The van der Waals surface area contributed by atoms with Gasteiger partial charge in [0.2, 0.25) is 0 Å². The molecule has 0 radical (unpaired) electrons. The van der Waals surface area contributed by atoms with Gasteiger partial charge in [-0.15, -0.1) is 0 Å². The van der Waals surface area contributed by atoms with Crippen molar-refractivity contribution in [3.8, 4) is 11.5 Å². The molecule has 8 heteroatoms. The minimum absolute atomic E-state index is 0.0000971. The van der Waals surface area contributed by atoms with Crippen LogP contribution in [0.15, 0.2) is 42.5 Å². The van der Waals surface area contributed by atoms with Crippen molar-refractivity contribution in [2.24, 2.45) is 0 Å². The number of alkyl halides is 2. The number of carbonyl (C=O) groups excluding carboxylic acids is 2. The summed E-state index contributed by atoms with van der Waals surface area (Å²) in [6, 6.07) is 11.5. The number of hydrogen-bond acceptors (Lipinski definition) is 4. The van der Waals surface area contributed by atoms with Crippen molar-refractivity contribution in [1.29, 1.82) is 0 Å². The summed E-state index contributed by atoms with van der Waals surface area (Å²) < 4.78 is 34.5. The zero-order valence-corrected chi connectivity index (χ0v) is 15.8. The number of hydrogen-bond donors (Lipinski definition) is 1. The second-order valence-corrected chi connectivity index (χ2v) is 7.10. The van der Waals surface area contributed by atoms with Gasteiger partial charge in [-0.25, -0.2) is 4.79 Å². The van der Waals surface area contributed by atoms with Gasteiger partial charge in [0, 0.05) is 0 Å². The number of fused-ring (bicyclic) bond motifs is 2. The predicted molar refractivity (Wildman–Crippen MR) is 99.8 cm³/mol. The Morgan fingerprint density at radius 1 is 1.17 bits per heavy atom. The smallest absolute Gasteiger partial charge is 0.387 e. The Bertz CT molecular complexity index is 965. The minimum Gasteiger partial charge on any atom is -0.493 e. The molecular formula is C21H20F2N2O4. The van der Waals surface area contributed by atoms with E-state index in [0.29, 0.717) is 12.0 Å². The van der Waals surface area contributed by atoms with Gasteiger partial charge in [-0.05, 0) is 48.1 Å². The van der Waals surface area contributed by atoms with Gasteiger partial charge in [-0.2, -0.15) is 8.78 Å². The van der Waals surface area contributed by atoms with Crippen molar-refractivity contribution in [2.75, 3.05) is 7.11 Å². The largest absolute Gasteiger partial charge is 0.493 e. The van der Waals surface area contributed by atoms with Crippen molar-refractivity contribution >= 4 is 11.9 Å². The number of amides is 3. The number of nitrogens with zero attached hydrogens (tertiary/aromatic N) is 1. The third kappa shape index (κ3) is 3.28. The van der Waals surface area contributed by atoms with Crippen LogP contribution in [0.3, 0.4) is 0 Å². The minimum atomic E-state index is -2.98. The number of aryl methyl sites for hydroxylation is 1. The highest BCUT2D eigenvalue weighted by atomic mass is 19.3. The Morgan fingerprint density at radius 2 is 1.97 bits per heavy atom. The van der Waals surface area contributed by atoms with Crippen LogP contribution in [0, 0.1) is 0 Å². The van der Waals surface area contributed by atoms with Crippen LogP contribution in [0.4, 0.5) is 13.6 Å². The molecule has 0 saturated carbocycles. The van der Waals surface area contributed by atoms with E-state index in [1.54, 1.807) is 0 Å². The Hall–Kier alpha value is -3.16. The molecule has 6 nitrogen and oxygen atoms in total. The fourth-order valence-electron chi connectivity index (χ4n) is 4.14. The third-order valence-electron chi connectivity index (χ3n) is 5.44. The van der Waals surface area contributed by atoms with Crippen LogP contribution in [0.5, 0.6) is 11.5 Å². The molecule has 1 saturated heterocycles. The lowest BCUT2D eigenvalue weighted by molar-refractivity contribution is -0.132. The van der Waals surface area contributed by atoms with Crippen molar-refractivity contribution in [3.05, 3.63) is 59.2 Å². The molecule has 2 aromatic rings. The molecular weight excluding hydrogens is 382 g/mol. The molecule has 0 bridgehead atoms. The van der Waals surface area contributed by atoms with Gasteiger partial charge in [0.1, 0.15) is 5.54 Å². The fourth-order valence-corrected chi connectivity index (χ4v) is 4.14. The molecule has 1 atom stereocenters. The van der Waals surface area contributed by atoms with Crippen LogP contribution in [-0.2, 0) is 23.3 Å². The van der Waals surface area contributed by atoms with Crippen LogP contribution in [0.25, 0.3) is 0 Å². The van der Waals surface area contributed by atoms with E-state index in [1.807, 2.05) is 24.3 Å². The van der Waals surface area contributed by atoms with E-state index in [2.05, 4.69) is 10.1 Å². The zero-order chi connectivity index (χ0) is 20.6. The number of methoxy groups -OCH3 is 1. The van der Waals surface area contributed by atoms with Gasteiger partial charge >= 0.3 is 12.6 Å². The maximum Gasteiger partial charge on any atom is 0.387 e. The van der Waals surface area contributed by atoms with E-state index in [0.717, 1.165) is 28.9 Å². The van der Waals surface area contributed by atoms with Crippen LogP contribution in [-0.4, -0.2) is 30.6 Å². The summed E-state index contributed by atoms with van der Waals surface area (Å²) in [6.07, 6.45) is 2.20. The fraction of sp³-hybridized carbons (Fsp3) is 0.333. The molecule has 152 valence electrons. The van der Waals surface area contributed by atoms with Crippen LogP contribution >= 0.6 is 0 Å². The van der Waals surface area contributed by atoms with Crippen molar-refractivity contribution < 1.29 is 27.8 Å². The van der Waals surface area contributed by atoms with E-state index >= 15 is 0 Å². The van der Waals surface area contributed by atoms with Gasteiger partial charge in [0.25, 0.3) is 5.91 Å². The van der Waals surface area contributed by atoms with E-state index in [9.17, 15) is 18.4 Å². The van der Waals surface area contributed by atoms with Gasteiger partial charge in [-0.3, -0.25) is 9.69 Å². The second-order valence-electron chi connectivity index (χ2n) is 7.10. The molecule has 1 aliphatic heterocycles. The maximum atomic E-state index is 13.3. The summed E-state index contributed by atoms with van der Waals surface area (Å²) in [6.45, 7) is -2.98. The Labute approximate surface area is 166 Å². The van der Waals surface area contributed by atoms with Gasteiger partial charge in [-0.1, -0.05) is 30.3 Å². The van der Waals surface area contributed by atoms with E-state index in [-0.39, 0.29) is 24.0 Å². The quantitative estimate of drug-likeness (QED) is 0.777. The number of carbonyl (C=O) groups is 2. The molecule has 2 aromatic carbocycles. The summed E-state index contributed by atoms with van der Waals surface area (Å²) in [5, 5.41) is 2.89. The van der Waals surface area contributed by atoms with Crippen LogP contribution < -0.4 is 14.8 Å². The number of halogens is 2. The average Bonchev–Trinajstić information content (AvgIpc) is 2.94. The van der Waals surface area contributed by atoms with Crippen molar-refractivity contribution in [3.63, 3.8) is 0 Å². The van der Waals surface area contributed by atoms with Crippen LogP contribution in [0.1, 0.15) is 29.5 Å². The van der Waals surface area contributed by atoms with Gasteiger partial charge < -0.3 is 14.8 Å². The van der Waals surface area contributed by atoms with E-state index in [1.165, 1.54) is 25.3 Å². The maximum absolute atomic E-state index is 13.3. The highest BCUT2D eigenvalue weighted by molar-refractivity contribution is 6.07. The molecule has 4 rings (SSSR count). The molecule has 2 aliphatic rings. The standard InChI is InChI=1S/C21H20F2N2O4/c1-28-17-11-13(8-9-16(17)29-19(22)23)12-25-18(26)21(24-20(25)27)10-4-6-14-5-2-3-7-15(14)21/h2-3,5,7-9,11,19H,4,6,10,12H2,1H3,(H,24,27)/t21-/m1/s1. The molecule has 0 unspecified atom stereocenters. The highest BCUT2D eigenvalue weighted by Crippen LogP contribution is 2.40. The summed E-state index contributed by atoms with van der Waals surface area (Å²) in [7, 11) is 1.33. The lowest BCUT2D eigenvalue weighted by Crippen LogP contribution is -2.46. The number of urea groups is 1. The third-order valence-corrected chi connectivity index (χ3v) is 5.44. The summed E-state index contributed by atoms with van der Waals surface area (Å²) in [5.41, 5.74) is 1.41. The van der Waals surface area contributed by atoms with Gasteiger partial charge in [0.15, 0.2) is 11.5 Å². The first kappa shape index (κ1) is 19.2. The predicted octanol–water partition coefficient (Wildman–Crippen LogP) is 3.58. The molecule has 1 aliphatic carbocycles. The van der Waals surface area contributed by atoms with Crippen molar-refractivity contribution in [1.82, 2.24) is 10.2 Å². The Morgan fingerprint density at radius 3 is 2.72 bits per heavy atom. The molecule has 1 heterocycles. The summed E-state index contributed by atoms with van der Waals surface area (Å²) >= 11 is 0. The number of imide groups is 1. The Kier molecular flexibility index (Phi) is 4.86. The number of ether oxygens (including phenoxy) is 2. The summed E-state index contributed by atoms with van der Waals surface area (Å²) in [4.78, 5) is 27.1.